The molecule has 0 aliphatic carbocycles. The Morgan fingerprint density at radius 3 is 2.68 bits per heavy atom. The second-order valence-electron chi connectivity index (χ2n) is 7.47. The van der Waals surface area contributed by atoms with Crippen molar-refractivity contribution in [2.24, 2.45) is 10.9 Å². The molecule has 1 aliphatic heterocycles. The van der Waals surface area contributed by atoms with Gasteiger partial charge in [0.25, 0.3) is 0 Å². The molecular weight excluding hydrogens is 463 g/mol. The van der Waals surface area contributed by atoms with Crippen LogP contribution in [0.4, 0.5) is 0 Å². The van der Waals surface area contributed by atoms with Gasteiger partial charge in [0, 0.05) is 20.6 Å². The number of imidazole rings is 1. The average Bonchev–Trinajstić information content (AvgIpc) is 3.16. The highest BCUT2D eigenvalue weighted by atomic mass is 127. The average molecular weight is 496 g/mol. The lowest BCUT2D eigenvalue weighted by Crippen LogP contribution is -2.40. The number of hydrogen-bond donors (Lipinski definition) is 2. The third kappa shape index (κ3) is 6.48. The van der Waals surface area contributed by atoms with Crippen LogP contribution in [0.15, 0.2) is 41.5 Å². The van der Waals surface area contributed by atoms with Crippen molar-refractivity contribution in [3.8, 4) is 11.3 Å². The lowest BCUT2D eigenvalue weighted by Gasteiger charge is -2.29. The van der Waals surface area contributed by atoms with Gasteiger partial charge in [0.2, 0.25) is 0 Å². The topological polar surface area (TPSA) is 59.6 Å². The first kappa shape index (κ1) is 22.7. The van der Waals surface area contributed by atoms with E-state index < -0.39 is 0 Å². The Labute approximate surface area is 185 Å². The van der Waals surface area contributed by atoms with Crippen molar-refractivity contribution in [2.75, 3.05) is 40.8 Å². The van der Waals surface area contributed by atoms with Gasteiger partial charge in [-0.15, -0.1) is 24.0 Å². The van der Waals surface area contributed by atoms with E-state index in [0.717, 1.165) is 35.5 Å². The van der Waals surface area contributed by atoms with Crippen LogP contribution < -0.4 is 5.32 Å². The number of nitrogens with zero attached hydrogens (tertiary/aromatic N) is 4. The van der Waals surface area contributed by atoms with Crippen LogP contribution in [0.1, 0.15) is 25.1 Å². The molecule has 0 unspecified atom stereocenters. The number of guanidine groups is 1. The molecule has 0 saturated carbocycles. The van der Waals surface area contributed by atoms with Gasteiger partial charge in [-0.2, -0.15) is 0 Å². The van der Waals surface area contributed by atoms with Gasteiger partial charge in [0.1, 0.15) is 5.82 Å². The van der Waals surface area contributed by atoms with Gasteiger partial charge in [-0.25, -0.2) is 4.98 Å². The van der Waals surface area contributed by atoms with Crippen molar-refractivity contribution in [3.63, 3.8) is 0 Å². The van der Waals surface area contributed by atoms with E-state index in [1.54, 1.807) is 0 Å². The molecule has 1 fully saturated rings. The van der Waals surface area contributed by atoms with Crippen LogP contribution >= 0.6 is 24.0 Å². The Hall–Kier alpha value is -1.61. The Kier molecular flexibility index (Phi) is 9.24. The maximum atomic E-state index is 4.53. The largest absolute Gasteiger partial charge is 0.356 e. The molecule has 0 amide bonds. The SMILES string of the molecule is CN=C(NCCC1CCN(C)CC1)N(C)Cc1ncc(-c2ccccc2)[nH]1.I. The van der Waals surface area contributed by atoms with Crippen molar-refractivity contribution in [1.29, 1.82) is 0 Å². The summed E-state index contributed by atoms with van der Waals surface area (Å²) in [7, 11) is 6.10. The third-order valence-corrected chi connectivity index (χ3v) is 5.35. The smallest absolute Gasteiger partial charge is 0.193 e. The fourth-order valence-electron chi connectivity index (χ4n) is 3.63. The van der Waals surface area contributed by atoms with Gasteiger partial charge in [-0.1, -0.05) is 30.3 Å². The molecule has 1 saturated heterocycles. The number of rotatable bonds is 6. The van der Waals surface area contributed by atoms with Crippen LogP contribution in [-0.2, 0) is 6.54 Å². The Bertz CT molecular complexity index is 722. The second-order valence-corrected chi connectivity index (χ2v) is 7.47. The van der Waals surface area contributed by atoms with Crippen molar-refractivity contribution >= 4 is 29.9 Å². The number of nitrogens with one attached hydrogen (secondary N) is 2. The molecule has 0 spiro atoms. The normalized spacial score (nSPS) is 15.9. The van der Waals surface area contributed by atoms with Crippen LogP contribution in [0.2, 0.25) is 0 Å². The maximum Gasteiger partial charge on any atom is 0.193 e. The molecule has 1 aliphatic rings. The zero-order chi connectivity index (χ0) is 19.1. The number of likely N-dealkylation sites (tertiary alicyclic amines) is 1. The summed E-state index contributed by atoms with van der Waals surface area (Å²) in [6.45, 7) is 4.11. The number of H-pyrrole nitrogens is 1. The molecule has 28 heavy (non-hydrogen) atoms. The monoisotopic (exact) mass is 496 g/mol. The van der Waals surface area contributed by atoms with E-state index in [9.17, 15) is 0 Å². The minimum Gasteiger partial charge on any atom is -0.356 e. The number of benzene rings is 1. The summed E-state index contributed by atoms with van der Waals surface area (Å²) in [5.41, 5.74) is 2.20. The molecule has 0 atom stereocenters. The molecule has 2 heterocycles. The standard InChI is InChI=1S/C21H32N6.HI/c1-22-21(23-12-9-17-10-13-26(2)14-11-17)27(3)16-20-24-15-19(25-20)18-7-5-4-6-8-18;/h4-8,15,17H,9-14,16H2,1-3H3,(H,22,23)(H,24,25);1H. The number of halogens is 1. The summed E-state index contributed by atoms with van der Waals surface area (Å²) < 4.78 is 0. The number of hydrogen-bond acceptors (Lipinski definition) is 3. The number of piperidine rings is 1. The van der Waals surface area contributed by atoms with E-state index in [1.807, 2.05) is 31.4 Å². The first-order chi connectivity index (χ1) is 13.2. The minimum atomic E-state index is 0. The second kappa shape index (κ2) is 11.4. The molecule has 154 valence electrons. The first-order valence-electron chi connectivity index (χ1n) is 9.85. The van der Waals surface area contributed by atoms with Crippen molar-refractivity contribution in [2.45, 2.75) is 25.8 Å². The summed E-state index contributed by atoms with van der Waals surface area (Å²) >= 11 is 0. The van der Waals surface area contributed by atoms with E-state index in [0.29, 0.717) is 6.54 Å². The predicted molar refractivity (Wildman–Crippen MR) is 127 cm³/mol. The fourth-order valence-corrected chi connectivity index (χ4v) is 3.63. The van der Waals surface area contributed by atoms with Crippen molar-refractivity contribution in [3.05, 3.63) is 42.4 Å². The Morgan fingerprint density at radius 2 is 2.00 bits per heavy atom. The highest BCUT2D eigenvalue weighted by Gasteiger charge is 2.16. The van der Waals surface area contributed by atoms with Gasteiger partial charge in [-0.3, -0.25) is 4.99 Å². The van der Waals surface area contributed by atoms with Crippen LogP contribution in [0, 0.1) is 5.92 Å². The lowest BCUT2D eigenvalue weighted by molar-refractivity contribution is 0.212. The molecule has 1 aromatic heterocycles. The number of aliphatic imine (C=N–C) groups is 1. The first-order valence-corrected chi connectivity index (χ1v) is 9.85. The highest BCUT2D eigenvalue weighted by molar-refractivity contribution is 14.0. The zero-order valence-corrected chi connectivity index (χ0v) is 19.5. The van der Waals surface area contributed by atoms with E-state index in [4.69, 9.17) is 0 Å². The quantitative estimate of drug-likeness (QED) is 0.366. The predicted octanol–water partition coefficient (Wildman–Crippen LogP) is 3.43. The van der Waals surface area contributed by atoms with Crippen molar-refractivity contribution < 1.29 is 0 Å². The lowest BCUT2D eigenvalue weighted by atomic mass is 9.94. The molecule has 6 nitrogen and oxygen atoms in total. The molecule has 2 aromatic rings. The molecule has 7 heteroatoms. The van der Waals surface area contributed by atoms with E-state index in [1.165, 1.54) is 32.4 Å². The summed E-state index contributed by atoms with van der Waals surface area (Å²) in [6.07, 6.45) is 5.72. The third-order valence-electron chi connectivity index (χ3n) is 5.35. The fraction of sp³-hybridized carbons (Fsp3) is 0.524. The molecule has 1 aromatic carbocycles. The Morgan fingerprint density at radius 1 is 1.29 bits per heavy atom. The van der Waals surface area contributed by atoms with Crippen LogP contribution in [0.25, 0.3) is 11.3 Å². The van der Waals surface area contributed by atoms with Gasteiger partial charge < -0.3 is 20.1 Å². The van der Waals surface area contributed by atoms with E-state index >= 15 is 0 Å². The van der Waals surface area contributed by atoms with Crippen LogP contribution in [0.5, 0.6) is 0 Å². The van der Waals surface area contributed by atoms with Gasteiger partial charge in [0.15, 0.2) is 5.96 Å². The van der Waals surface area contributed by atoms with Crippen LogP contribution in [-0.4, -0.2) is 66.5 Å². The van der Waals surface area contributed by atoms with Gasteiger partial charge >= 0.3 is 0 Å². The van der Waals surface area contributed by atoms with Gasteiger partial charge in [0.05, 0.1) is 18.4 Å². The van der Waals surface area contributed by atoms with Gasteiger partial charge in [-0.05, 0) is 50.9 Å². The zero-order valence-electron chi connectivity index (χ0n) is 17.2. The maximum absolute atomic E-state index is 4.53. The molecule has 0 radical (unpaired) electrons. The molecule has 0 bridgehead atoms. The molecular formula is C21H33IN6. The summed E-state index contributed by atoms with van der Waals surface area (Å²) in [5.74, 6) is 2.69. The summed E-state index contributed by atoms with van der Waals surface area (Å²) in [5, 5.41) is 3.51. The van der Waals surface area contributed by atoms with Crippen LogP contribution in [0.3, 0.4) is 0 Å². The summed E-state index contributed by atoms with van der Waals surface area (Å²) in [6, 6.07) is 10.3. The molecule has 2 N–H and O–H groups in total. The highest BCUT2D eigenvalue weighted by Crippen LogP contribution is 2.19. The van der Waals surface area contributed by atoms with E-state index in [2.05, 4.69) is 56.3 Å². The molecule has 3 rings (SSSR count). The Balaban J connectivity index is 0.00000280. The minimum absolute atomic E-state index is 0. The van der Waals surface area contributed by atoms with E-state index in [-0.39, 0.29) is 24.0 Å². The summed E-state index contributed by atoms with van der Waals surface area (Å²) in [4.78, 5) is 16.9. The number of aromatic amines is 1. The number of aromatic nitrogens is 2. The van der Waals surface area contributed by atoms with Crippen molar-refractivity contribution in [1.82, 2.24) is 25.1 Å².